The summed E-state index contributed by atoms with van der Waals surface area (Å²) in [5.74, 6) is 1.55. The van der Waals surface area contributed by atoms with Gasteiger partial charge in [-0.25, -0.2) is 4.98 Å². The number of carbonyl (C=O) groups is 1. The maximum Gasteiger partial charge on any atom is 0.240 e. The standard InChI is InChI=1S/C28H26N4O3S/c1-18(27(33)32-17-16-19-6-4-5-7-24(19)32)36-28-29-25(20-8-12-22(34-2)13-9-20)26(30-31-28)21-10-14-23(35-3)15-11-21/h4-15,18H,16-17H2,1-3H3. The highest BCUT2D eigenvalue weighted by atomic mass is 32.2. The van der Waals surface area contributed by atoms with Crippen LogP contribution >= 0.6 is 11.8 Å². The topological polar surface area (TPSA) is 77.4 Å². The zero-order chi connectivity index (χ0) is 25.1. The van der Waals surface area contributed by atoms with Crippen molar-refractivity contribution in [3.63, 3.8) is 0 Å². The summed E-state index contributed by atoms with van der Waals surface area (Å²) < 4.78 is 10.6. The van der Waals surface area contributed by atoms with E-state index in [1.54, 1.807) is 14.2 Å². The van der Waals surface area contributed by atoms with Gasteiger partial charge in [0, 0.05) is 23.4 Å². The molecule has 1 unspecified atom stereocenters. The molecule has 0 saturated carbocycles. The van der Waals surface area contributed by atoms with Gasteiger partial charge >= 0.3 is 0 Å². The minimum atomic E-state index is -0.367. The molecule has 5 rings (SSSR count). The lowest BCUT2D eigenvalue weighted by atomic mass is 10.0. The predicted molar refractivity (Wildman–Crippen MR) is 142 cm³/mol. The summed E-state index contributed by atoms with van der Waals surface area (Å²) in [7, 11) is 3.27. The van der Waals surface area contributed by atoms with Crippen molar-refractivity contribution in [2.45, 2.75) is 23.8 Å². The van der Waals surface area contributed by atoms with Crippen molar-refractivity contribution in [2.24, 2.45) is 0 Å². The normalized spacial score (nSPS) is 13.2. The number of methoxy groups -OCH3 is 2. The van der Waals surface area contributed by atoms with Crippen LogP contribution in [0.2, 0.25) is 0 Å². The highest BCUT2D eigenvalue weighted by Crippen LogP contribution is 2.34. The van der Waals surface area contributed by atoms with Crippen molar-refractivity contribution in [1.82, 2.24) is 15.2 Å². The molecule has 1 aliphatic rings. The lowest BCUT2D eigenvalue weighted by Gasteiger charge is -2.21. The Kier molecular flexibility index (Phi) is 6.86. The lowest BCUT2D eigenvalue weighted by Crippen LogP contribution is -2.35. The van der Waals surface area contributed by atoms with Crippen LogP contribution in [0.25, 0.3) is 22.5 Å². The number of aromatic nitrogens is 3. The average Bonchev–Trinajstić information content (AvgIpc) is 3.37. The second kappa shape index (κ2) is 10.4. The van der Waals surface area contributed by atoms with Crippen LogP contribution in [0.15, 0.2) is 78.0 Å². The summed E-state index contributed by atoms with van der Waals surface area (Å²) in [4.78, 5) is 20.0. The SMILES string of the molecule is COc1ccc(-c2nnc(SC(C)C(=O)N3CCc4ccccc43)nc2-c2ccc(OC)cc2)cc1. The molecule has 0 saturated heterocycles. The first kappa shape index (κ1) is 23.8. The van der Waals surface area contributed by atoms with Gasteiger partial charge in [0.1, 0.15) is 22.9 Å². The van der Waals surface area contributed by atoms with Crippen LogP contribution in [0.5, 0.6) is 11.5 Å². The van der Waals surface area contributed by atoms with E-state index in [2.05, 4.69) is 16.3 Å². The summed E-state index contributed by atoms with van der Waals surface area (Å²) in [6.45, 7) is 2.58. The Balaban J connectivity index is 1.45. The molecule has 0 radical (unpaired) electrons. The van der Waals surface area contributed by atoms with Gasteiger partial charge in [-0.15, -0.1) is 10.2 Å². The van der Waals surface area contributed by atoms with E-state index in [0.717, 1.165) is 34.7 Å². The van der Waals surface area contributed by atoms with Gasteiger partial charge in [-0.2, -0.15) is 0 Å². The van der Waals surface area contributed by atoms with Crippen LogP contribution in [0.1, 0.15) is 12.5 Å². The summed E-state index contributed by atoms with van der Waals surface area (Å²) in [5.41, 5.74) is 5.28. The molecule has 8 heteroatoms. The Labute approximate surface area is 214 Å². The number of hydrogen-bond acceptors (Lipinski definition) is 7. The number of carbonyl (C=O) groups excluding carboxylic acids is 1. The van der Waals surface area contributed by atoms with E-state index in [9.17, 15) is 4.79 Å². The molecular weight excluding hydrogens is 472 g/mol. The van der Waals surface area contributed by atoms with E-state index < -0.39 is 0 Å². The number of fused-ring (bicyclic) bond motifs is 1. The molecule has 182 valence electrons. The maximum atomic E-state index is 13.3. The van der Waals surface area contributed by atoms with Crippen molar-refractivity contribution in [3.05, 3.63) is 78.4 Å². The van der Waals surface area contributed by atoms with E-state index in [-0.39, 0.29) is 11.2 Å². The molecule has 4 aromatic rings. The molecule has 3 aromatic carbocycles. The third kappa shape index (κ3) is 4.77. The van der Waals surface area contributed by atoms with Gasteiger partial charge in [-0.3, -0.25) is 4.79 Å². The first-order valence-electron chi connectivity index (χ1n) is 11.7. The third-order valence-electron chi connectivity index (χ3n) is 6.18. The molecule has 7 nitrogen and oxygen atoms in total. The summed E-state index contributed by atoms with van der Waals surface area (Å²) in [6.07, 6.45) is 0.871. The minimum absolute atomic E-state index is 0.0405. The van der Waals surface area contributed by atoms with Gasteiger partial charge in [-0.1, -0.05) is 30.0 Å². The van der Waals surface area contributed by atoms with Crippen LogP contribution in [-0.4, -0.2) is 47.1 Å². The van der Waals surface area contributed by atoms with E-state index in [4.69, 9.17) is 14.5 Å². The van der Waals surface area contributed by atoms with Gasteiger partial charge in [-0.05, 0) is 73.5 Å². The fourth-order valence-corrected chi connectivity index (χ4v) is 5.03. The van der Waals surface area contributed by atoms with Crippen LogP contribution in [0, 0.1) is 0 Å². The average molecular weight is 499 g/mol. The van der Waals surface area contributed by atoms with Gasteiger partial charge in [0.15, 0.2) is 0 Å². The molecule has 36 heavy (non-hydrogen) atoms. The first-order chi connectivity index (χ1) is 17.6. The second-order valence-corrected chi connectivity index (χ2v) is 9.69. The van der Waals surface area contributed by atoms with Crippen LogP contribution < -0.4 is 14.4 Å². The van der Waals surface area contributed by atoms with Crippen molar-refractivity contribution >= 4 is 23.4 Å². The van der Waals surface area contributed by atoms with E-state index in [1.807, 2.05) is 78.6 Å². The van der Waals surface area contributed by atoms with Crippen molar-refractivity contribution in [1.29, 1.82) is 0 Å². The van der Waals surface area contributed by atoms with E-state index in [1.165, 1.54) is 17.3 Å². The first-order valence-corrected chi connectivity index (χ1v) is 12.5. The third-order valence-corrected chi connectivity index (χ3v) is 7.12. The molecule has 0 aliphatic carbocycles. The maximum absolute atomic E-state index is 13.3. The number of amides is 1. The highest BCUT2D eigenvalue weighted by molar-refractivity contribution is 8.00. The minimum Gasteiger partial charge on any atom is -0.497 e. The zero-order valence-corrected chi connectivity index (χ0v) is 21.2. The van der Waals surface area contributed by atoms with Gasteiger partial charge in [0.05, 0.1) is 19.5 Å². The Morgan fingerprint density at radius 3 is 2.11 bits per heavy atom. The summed E-state index contributed by atoms with van der Waals surface area (Å²) >= 11 is 1.32. The van der Waals surface area contributed by atoms with Crippen LogP contribution in [0.3, 0.4) is 0 Å². The summed E-state index contributed by atoms with van der Waals surface area (Å²) in [6, 6.07) is 23.3. The zero-order valence-electron chi connectivity index (χ0n) is 20.3. The number of hydrogen-bond donors (Lipinski definition) is 0. The summed E-state index contributed by atoms with van der Waals surface area (Å²) in [5, 5.41) is 9.01. The predicted octanol–water partition coefficient (Wildman–Crippen LogP) is 5.29. The van der Waals surface area contributed by atoms with Gasteiger partial charge in [0.25, 0.3) is 0 Å². The number of rotatable bonds is 7. The molecule has 1 aromatic heterocycles. The number of ether oxygens (including phenoxy) is 2. The molecule has 1 aliphatic heterocycles. The highest BCUT2D eigenvalue weighted by Gasteiger charge is 2.29. The Hall–Kier alpha value is -3.91. The lowest BCUT2D eigenvalue weighted by molar-refractivity contribution is -0.117. The van der Waals surface area contributed by atoms with Gasteiger partial charge < -0.3 is 14.4 Å². The molecule has 2 heterocycles. The fraction of sp³-hybridized carbons (Fsp3) is 0.214. The van der Waals surface area contributed by atoms with Crippen LogP contribution in [-0.2, 0) is 11.2 Å². The molecule has 0 N–H and O–H groups in total. The molecule has 1 atom stereocenters. The van der Waals surface area contributed by atoms with Crippen LogP contribution in [0.4, 0.5) is 5.69 Å². The number of benzene rings is 3. The number of nitrogens with zero attached hydrogens (tertiary/aromatic N) is 4. The molecular formula is C28H26N4O3S. The number of anilines is 1. The van der Waals surface area contributed by atoms with Crippen molar-refractivity contribution in [2.75, 3.05) is 25.7 Å². The number of para-hydroxylation sites is 1. The van der Waals surface area contributed by atoms with Gasteiger partial charge in [0.2, 0.25) is 11.1 Å². The smallest absolute Gasteiger partial charge is 0.240 e. The second-order valence-electron chi connectivity index (χ2n) is 8.38. The Morgan fingerprint density at radius 1 is 0.861 bits per heavy atom. The molecule has 0 spiro atoms. The Bertz CT molecular complexity index is 1380. The molecule has 0 fully saturated rings. The number of thioether (sulfide) groups is 1. The van der Waals surface area contributed by atoms with Crippen molar-refractivity contribution < 1.29 is 14.3 Å². The quantitative estimate of drug-likeness (QED) is 0.320. The molecule has 1 amide bonds. The Morgan fingerprint density at radius 2 is 1.47 bits per heavy atom. The van der Waals surface area contributed by atoms with E-state index in [0.29, 0.717) is 23.1 Å². The monoisotopic (exact) mass is 498 g/mol. The fourth-order valence-electron chi connectivity index (χ4n) is 4.25. The largest absolute Gasteiger partial charge is 0.497 e. The van der Waals surface area contributed by atoms with E-state index >= 15 is 0 Å². The molecule has 0 bridgehead atoms. The van der Waals surface area contributed by atoms with Crippen molar-refractivity contribution in [3.8, 4) is 34.0 Å².